The quantitative estimate of drug-likeness (QED) is 0.164. The molecule has 10 atom stereocenters. The second-order valence-corrected chi connectivity index (χ2v) is 9.83. The molecule has 0 aliphatic carbocycles. The van der Waals surface area contributed by atoms with Crippen molar-refractivity contribution in [2.45, 2.75) is 61.4 Å². The third-order valence-corrected chi connectivity index (χ3v) is 6.98. The predicted octanol–water partition coefficient (Wildman–Crippen LogP) is -2.09. The van der Waals surface area contributed by atoms with Crippen molar-refractivity contribution >= 4 is 6.08 Å². The number of benzene rings is 2. The third-order valence-electron chi connectivity index (χ3n) is 6.98. The maximum Gasteiger partial charge on any atom is 0.229 e. The van der Waals surface area contributed by atoms with Crippen LogP contribution in [0.4, 0.5) is 0 Å². The summed E-state index contributed by atoms with van der Waals surface area (Å²) in [5, 5.41) is 101. The van der Waals surface area contributed by atoms with Crippen molar-refractivity contribution in [3.63, 3.8) is 0 Å². The maximum absolute atomic E-state index is 10.4. The standard InChI is InChI=1S/C26H30O15/c27-7-18-20(33)21(34)23(36)26(41-18)39-16-5-10(28)4-15-11(16)6-17(40-25-22(35)19(32)14(31)8-37-25)24(38-15)9-1-2-12(29)13(30)3-9/h1-6,14,18-36H,7-8H2. The molecule has 10 N–H and O–H groups in total. The van der Waals surface area contributed by atoms with Gasteiger partial charge in [0.05, 0.1) is 18.8 Å². The molecule has 15 nitrogen and oxygen atoms in total. The molecule has 0 saturated carbocycles. The largest absolute Gasteiger partial charge is 0.508 e. The fourth-order valence-corrected chi connectivity index (χ4v) is 4.67. The molecule has 5 rings (SSSR count). The smallest absolute Gasteiger partial charge is 0.229 e. The van der Waals surface area contributed by atoms with Crippen molar-refractivity contribution in [1.29, 1.82) is 0 Å². The molecule has 0 bridgehead atoms. The van der Waals surface area contributed by atoms with Gasteiger partial charge in [0.1, 0.15) is 65.7 Å². The zero-order valence-electron chi connectivity index (χ0n) is 21.2. The summed E-state index contributed by atoms with van der Waals surface area (Å²) in [4.78, 5) is 0. The first-order valence-corrected chi connectivity index (χ1v) is 12.5. The minimum atomic E-state index is -1.76. The van der Waals surface area contributed by atoms with Gasteiger partial charge in [-0.25, -0.2) is 0 Å². The molecule has 0 amide bonds. The van der Waals surface area contributed by atoms with Crippen LogP contribution in [0.25, 0.3) is 6.08 Å². The Kier molecular flexibility index (Phi) is 8.15. The van der Waals surface area contributed by atoms with Gasteiger partial charge in [0, 0.05) is 17.7 Å². The van der Waals surface area contributed by atoms with Gasteiger partial charge in [-0.3, -0.25) is 0 Å². The van der Waals surface area contributed by atoms with Gasteiger partial charge in [0.2, 0.25) is 12.6 Å². The van der Waals surface area contributed by atoms with Crippen molar-refractivity contribution in [1.82, 2.24) is 0 Å². The maximum atomic E-state index is 10.4. The fourth-order valence-electron chi connectivity index (χ4n) is 4.67. The molecule has 2 fully saturated rings. The van der Waals surface area contributed by atoms with Crippen molar-refractivity contribution in [3.05, 3.63) is 47.2 Å². The van der Waals surface area contributed by atoms with E-state index in [-0.39, 0.29) is 40.7 Å². The van der Waals surface area contributed by atoms with Crippen LogP contribution in [0.2, 0.25) is 0 Å². The number of aliphatic hydroxyl groups is 7. The minimum absolute atomic E-state index is 0.00933. The monoisotopic (exact) mass is 582 g/mol. The topological polar surface area (TPSA) is 248 Å². The molecule has 3 heterocycles. The Morgan fingerprint density at radius 3 is 2.22 bits per heavy atom. The fraction of sp³-hybridized carbons (Fsp3) is 0.462. The molecule has 2 aromatic carbocycles. The summed E-state index contributed by atoms with van der Waals surface area (Å²) in [5.41, 5.74) is 0.364. The third kappa shape index (κ3) is 5.59. The van der Waals surface area contributed by atoms with Crippen molar-refractivity contribution in [2.75, 3.05) is 13.2 Å². The van der Waals surface area contributed by atoms with Gasteiger partial charge in [-0.05, 0) is 18.2 Å². The van der Waals surface area contributed by atoms with Crippen LogP contribution < -0.4 is 9.47 Å². The molecule has 3 aliphatic heterocycles. The van der Waals surface area contributed by atoms with Gasteiger partial charge in [0.15, 0.2) is 17.6 Å². The summed E-state index contributed by atoms with van der Waals surface area (Å²) in [6, 6.07) is 6.15. The number of rotatable bonds is 6. The molecular formula is C26H30O15. The van der Waals surface area contributed by atoms with Gasteiger partial charge in [-0.1, -0.05) is 6.07 Å². The van der Waals surface area contributed by atoms with Crippen molar-refractivity contribution in [3.8, 4) is 28.7 Å². The number of aliphatic hydroxyl groups excluding tert-OH is 7. The highest BCUT2D eigenvalue weighted by Crippen LogP contribution is 2.46. The van der Waals surface area contributed by atoms with Crippen LogP contribution >= 0.6 is 0 Å². The highest BCUT2D eigenvalue weighted by atomic mass is 16.7. The number of hydrogen-bond donors (Lipinski definition) is 10. The highest BCUT2D eigenvalue weighted by Gasteiger charge is 2.45. The Labute approximate surface area is 231 Å². The molecule has 2 aromatic rings. The van der Waals surface area contributed by atoms with E-state index in [4.69, 9.17) is 23.7 Å². The first-order chi connectivity index (χ1) is 19.5. The zero-order valence-corrected chi connectivity index (χ0v) is 21.2. The average molecular weight is 583 g/mol. The first-order valence-electron chi connectivity index (χ1n) is 12.5. The lowest BCUT2D eigenvalue weighted by atomic mass is 9.99. The highest BCUT2D eigenvalue weighted by molar-refractivity contribution is 5.70. The Hall–Kier alpha value is -3.38. The summed E-state index contributed by atoms with van der Waals surface area (Å²) >= 11 is 0. The lowest BCUT2D eigenvalue weighted by molar-refractivity contribution is -0.277. The van der Waals surface area contributed by atoms with E-state index in [2.05, 4.69) is 0 Å². The summed E-state index contributed by atoms with van der Waals surface area (Å²) in [5.74, 6) is -1.46. The van der Waals surface area contributed by atoms with Crippen LogP contribution in [0.5, 0.6) is 28.7 Å². The lowest BCUT2D eigenvalue weighted by Crippen LogP contribution is -2.60. The van der Waals surface area contributed by atoms with E-state index in [0.29, 0.717) is 0 Å². The van der Waals surface area contributed by atoms with Gasteiger partial charge in [-0.2, -0.15) is 0 Å². The number of ether oxygens (including phenoxy) is 5. The lowest BCUT2D eigenvalue weighted by Gasteiger charge is -2.40. The molecule has 10 unspecified atom stereocenters. The molecule has 41 heavy (non-hydrogen) atoms. The summed E-state index contributed by atoms with van der Waals surface area (Å²) in [6.07, 6.45) is -13.9. The predicted molar refractivity (Wildman–Crippen MR) is 132 cm³/mol. The first kappa shape index (κ1) is 29.1. The minimum Gasteiger partial charge on any atom is -0.508 e. The molecular weight excluding hydrogens is 552 g/mol. The van der Waals surface area contributed by atoms with E-state index >= 15 is 0 Å². The van der Waals surface area contributed by atoms with Crippen LogP contribution in [0.3, 0.4) is 0 Å². The Balaban J connectivity index is 1.53. The van der Waals surface area contributed by atoms with E-state index < -0.39 is 79.5 Å². The molecule has 2 saturated heterocycles. The van der Waals surface area contributed by atoms with Gasteiger partial charge >= 0.3 is 0 Å². The molecule has 0 radical (unpaired) electrons. The van der Waals surface area contributed by atoms with Crippen LogP contribution in [0.15, 0.2) is 36.1 Å². The molecule has 3 aliphatic rings. The van der Waals surface area contributed by atoms with Crippen LogP contribution in [-0.4, -0.2) is 120 Å². The second kappa shape index (κ2) is 11.5. The number of phenolic OH excluding ortho intramolecular Hbond substituents is 3. The van der Waals surface area contributed by atoms with Crippen molar-refractivity contribution in [2.24, 2.45) is 0 Å². The number of aromatic hydroxyl groups is 3. The Morgan fingerprint density at radius 1 is 0.780 bits per heavy atom. The number of fused-ring (bicyclic) bond motifs is 1. The van der Waals surface area contributed by atoms with Gasteiger partial charge < -0.3 is 74.7 Å². The van der Waals surface area contributed by atoms with Gasteiger partial charge in [-0.15, -0.1) is 0 Å². The van der Waals surface area contributed by atoms with Gasteiger partial charge in [0.25, 0.3) is 0 Å². The van der Waals surface area contributed by atoms with E-state index in [1.165, 1.54) is 30.3 Å². The summed E-state index contributed by atoms with van der Waals surface area (Å²) in [7, 11) is 0. The molecule has 224 valence electrons. The molecule has 0 aromatic heterocycles. The second-order valence-electron chi connectivity index (χ2n) is 9.83. The van der Waals surface area contributed by atoms with E-state index in [9.17, 15) is 51.1 Å². The SMILES string of the molecule is OCC1OC(Oc2cc(O)cc3c2C=C(OC2OCC(O)C(O)C2O)C(c2ccc(O)c(O)c2)O3)C(O)C(O)C1O. The summed E-state index contributed by atoms with van der Waals surface area (Å²) < 4.78 is 28.4. The Bertz CT molecular complexity index is 1280. The van der Waals surface area contributed by atoms with E-state index in [1.807, 2.05) is 0 Å². The van der Waals surface area contributed by atoms with E-state index in [0.717, 1.165) is 6.07 Å². The normalized spacial score (nSPS) is 35.1. The van der Waals surface area contributed by atoms with Crippen molar-refractivity contribution < 1.29 is 74.7 Å². The van der Waals surface area contributed by atoms with Crippen LogP contribution in [0.1, 0.15) is 17.2 Å². The molecule has 0 spiro atoms. The van der Waals surface area contributed by atoms with Crippen LogP contribution in [0, 0.1) is 0 Å². The summed E-state index contributed by atoms with van der Waals surface area (Å²) in [6.45, 7) is -1.06. The van der Waals surface area contributed by atoms with Crippen LogP contribution in [-0.2, 0) is 14.2 Å². The number of phenols is 3. The zero-order chi connectivity index (χ0) is 29.6. The Morgan fingerprint density at radius 2 is 1.51 bits per heavy atom. The average Bonchev–Trinajstić information content (AvgIpc) is 2.95. The van der Waals surface area contributed by atoms with E-state index in [1.54, 1.807) is 0 Å². The number of hydrogen-bond acceptors (Lipinski definition) is 15. The molecule has 15 heteroatoms.